The third kappa shape index (κ3) is 8.10. The third-order valence-corrected chi connectivity index (χ3v) is 10.3. The van der Waals surface area contributed by atoms with Crippen LogP contribution in [0.2, 0.25) is 0 Å². The zero-order valence-corrected chi connectivity index (χ0v) is 29.5. The van der Waals surface area contributed by atoms with Crippen LogP contribution in [0.5, 0.6) is 0 Å². The lowest BCUT2D eigenvalue weighted by Crippen LogP contribution is -2.44. The number of benzene rings is 3. The van der Waals surface area contributed by atoms with Crippen LogP contribution in [-0.2, 0) is 33.6 Å². The Morgan fingerprint density at radius 3 is 2.45 bits per heavy atom. The van der Waals surface area contributed by atoms with Crippen molar-refractivity contribution in [2.24, 2.45) is 17.8 Å². The number of amides is 1. The van der Waals surface area contributed by atoms with Crippen LogP contribution < -0.4 is 21.8 Å². The van der Waals surface area contributed by atoms with Gasteiger partial charge in [0.1, 0.15) is 11.3 Å². The largest absolute Gasteiger partial charge is 0.478 e. The normalized spacial score (nSPS) is 17.9. The van der Waals surface area contributed by atoms with Crippen molar-refractivity contribution in [3.05, 3.63) is 82.5 Å². The number of aromatic nitrogens is 3. The van der Waals surface area contributed by atoms with Crippen LogP contribution in [0.4, 0.5) is 5.69 Å². The maximum absolute atomic E-state index is 13.2. The summed E-state index contributed by atoms with van der Waals surface area (Å²) in [4.78, 5) is 25.5. The Kier molecular flexibility index (Phi) is 11.1. The zero-order valence-electron chi connectivity index (χ0n) is 29.5. The molecule has 0 saturated heterocycles. The third-order valence-electron chi connectivity index (χ3n) is 10.3. The second-order valence-corrected chi connectivity index (χ2v) is 13.6. The standard InChI is InChI=1S/C39H44N6O8/c40-24-2-5-29-35(20-24)53-36-21-25(41)3-6-30(36)37(29)31-19-23(1-4-28(31)39(48)49)38(47)42-11-13-50-15-17-52-18-16-51-14-12-45-34-10-8-27-26(32(27)22-46)7-9-33(34)43-44-45/h1-6,19-21,26-27,32,40,46H,7-18,22,41H2,(H,42,47)(H,48,49)/p+1/t26-,27+,32-/m1/s1. The summed E-state index contributed by atoms with van der Waals surface area (Å²) in [5.41, 5.74) is 11.2. The number of aromatic carboxylic acids is 1. The molecule has 0 spiro atoms. The van der Waals surface area contributed by atoms with E-state index in [1.54, 1.807) is 42.5 Å². The van der Waals surface area contributed by atoms with E-state index in [0.29, 0.717) is 114 Å². The molecule has 0 radical (unpaired) electrons. The molecule has 3 aromatic rings. The van der Waals surface area contributed by atoms with Gasteiger partial charge in [-0.2, -0.15) is 0 Å². The fourth-order valence-corrected chi connectivity index (χ4v) is 7.60. The van der Waals surface area contributed by atoms with Gasteiger partial charge in [-0.1, -0.05) is 5.21 Å². The quantitative estimate of drug-likeness (QED) is 0.0564. The molecule has 1 amide bonds. The molecule has 3 aliphatic carbocycles. The molecule has 1 fully saturated rings. The van der Waals surface area contributed by atoms with Crippen LogP contribution in [0.1, 0.15) is 44.9 Å². The zero-order chi connectivity index (χ0) is 36.9. The lowest BCUT2D eigenvalue weighted by Gasteiger charge is -2.17. The number of aliphatic hydroxyl groups is 1. The van der Waals surface area contributed by atoms with E-state index < -0.39 is 5.97 Å². The number of fused-ring (bicyclic) bond motifs is 4. The summed E-state index contributed by atoms with van der Waals surface area (Å²) in [5.74, 6) is 0.699. The van der Waals surface area contributed by atoms with Crippen LogP contribution in [-0.4, -0.2) is 89.9 Å². The molecule has 7 rings (SSSR count). The van der Waals surface area contributed by atoms with Gasteiger partial charge in [0.05, 0.1) is 69.2 Å². The van der Waals surface area contributed by atoms with Crippen LogP contribution in [0, 0.1) is 17.8 Å². The van der Waals surface area contributed by atoms with Gasteiger partial charge in [0, 0.05) is 53.0 Å². The number of carbonyl (C=O) groups is 2. The molecular formula is C39H45N6O8+. The molecule has 0 unspecified atom stereocenters. The number of aryl methyl sites for hydroxylation is 1. The number of aliphatic hydroxyl groups excluding tert-OH is 1. The van der Waals surface area contributed by atoms with Crippen LogP contribution >= 0.6 is 0 Å². The predicted octanol–water partition coefficient (Wildman–Crippen LogP) is 1.95. The second kappa shape index (κ2) is 16.3. The lowest BCUT2D eigenvalue weighted by molar-refractivity contribution is -0.172. The first kappa shape index (κ1) is 36.2. The van der Waals surface area contributed by atoms with Gasteiger partial charge >= 0.3 is 5.97 Å². The fourth-order valence-electron chi connectivity index (χ4n) is 7.60. The average molecular weight is 726 g/mol. The van der Waals surface area contributed by atoms with E-state index in [2.05, 4.69) is 15.6 Å². The number of nitrogen functional groups attached to an aromatic ring is 1. The first-order valence-electron chi connectivity index (χ1n) is 18.1. The van der Waals surface area contributed by atoms with Crippen molar-refractivity contribution < 1.29 is 43.8 Å². The van der Waals surface area contributed by atoms with Crippen molar-refractivity contribution in [1.82, 2.24) is 20.3 Å². The van der Waals surface area contributed by atoms with E-state index in [1.165, 1.54) is 17.8 Å². The molecule has 2 heterocycles. The second-order valence-electron chi connectivity index (χ2n) is 13.6. The first-order valence-corrected chi connectivity index (χ1v) is 18.1. The summed E-state index contributed by atoms with van der Waals surface area (Å²) in [6.07, 6.45) is 4.03. The number of rotatable bonds is 16. The van der Waals surface area contributed by atoms with Gasteiger partial charge in [0.2, 0.25) is 0 Å². The summed E-state index contributed by atoms with van der Waals surface area (Å²) in [5, 5.41) is 38.4. The molecule has 1 aromatic heterocycles. The molecule has 1 saturated carbocycles. The summed E-state index contributed by atoms with van der Waals surface area (Å²) in [7, 11) is 0. The molecule has 7 N–H and O–H groups in total. The van der Waals surface area contributed by atoms with Gasteiger partial charge in [-0.15, -0.1) is 5.10 Å². The Bertz CT molecular complexity index is 2130. The number of ether oxygens (including phenoxy) is 3. The summed E-state index contributed by atoms with van der Waals surface area (Å²) in [6, 6.07) is 14.8. The van der Waals surface area contributed by atoms with Crippen molar-refractivity contribution in [3.63, 3.8) is 0 Å². The van der Waals surface area contributed by atoms with Gasteiger partial charge in [-0.3, -0.25) is 10.2 Å². The highest BCUT2D eigenvalue weighted by Gasteiger charge is 2.49. The summed E-state index contributed by atoms with van der Waals surface area (Å²) >= 11 is 0. The highest BCUT2D eigenvalue weighted by atomic mass is 16.5. The predicted molar refractivity (Wildman–Crippen MR) is 194 cm³/mol. The molecule has 0 bridgehead atoms. The maximum atomic E-state index is 13.2. The Morgan fingerprint density at radius 2 is 1.68 bits per heavy atom. The Morgan fingerprint density at radius 1 is 0.925 bits per heavy atom. The number of hydrogen-bond donors (Lipinski definition) is 5. The van der Waals surface area contributed by atoms with E-state index in [9.17, 15) is 19.8 Å². The number of nitrogens with zero attached hydrogens (tertiary/aromatic N) is 3. The van der Waals surface area contributed by atoms with Gasteiger partial charge in [0.25, 0.3) is 5.91 Å². The van der Waals surface area contributed by atoms with E-state index >= 15 is 0 Å². The minimum absolute atomic E-state index is 0.0337. The molecule has 53 heavy (non-hydrogen) atoms. The fraction of sp³-hybridized carbons (Fsp3) is 0.410. The Balaban J connectivity index is 0.845. The smallest absolute Gasteiger partial charge is 0.336 e. The molecule has 1 aliphatic heterocycles. The molecule has 2 aromatic carbocycles. The van der Waals surface area contributed by atoms with Crippen molar-refractivity contribution in [2.45, 2.75) is 32.2 Å². The van der Waals surface area contributed by atoms with Gasteiger partial charge in [0.15, 0.2) is 5.36 Å². The first-order chi connectivity index (χ1) is 25.8. The molecule has 4 aliphatic rings. The number of nitrogens with one attached hydrogen (secondary N) is 1. The SMILES string of the molecule is Nc1ccc2c(-c3cc(C(=O)NCCOCCOCCOCCn4nnc5c4CC[C@@H]4[C@H](CO)[C@@H]4CC5)ccc3C(=O)O)c3ccc(=[NH2+])cc-3oc2c1. The number of carboxylic acid groups (broad SMARTS) is 1. The number of nitrogens with two attached hydrogens (primary N) is 2. The lowest BCUT2D eigenvalue weighted by atomic mass is 9.89. The van der Waals surface area contributed by atoms with Crippen LogP contribution in [0.3, 0.4) is 0 Å². The van der Waals surface area contributed by atoms with Crippen LogP contribution in [0.25, 0.3) is 33.4 Å². The van der Waals surface area contributed by atoms with Crippen molar-refractivity contribution in [2.75, 3.05) is 58.5 Å². The van der Waals surface area contributed by atoms with Crippen molar-refractivity contribution in [1.29, 1.82) is 0 Å². The van der Waals surface area contributed by atoms with Gasteiger partial charge in [-0.05, 0) is 85.4 Å². The minimum atomic E-state index is -1.13. The Labute approximate surface area is 305 Å². The molecule has 278 valence electrons. The van der Waals surface area contributed by atoms with E-state index in [-0.39, 0.29) is 24.6 Å². The Hall–Kier alpha value is -5.15. The van der Waals surface area contributed by atoms with Gasteiger partial charge < -0.3 is 39.9 Å². The molecule has 14 nitrogen and oxygen atoms in total. The monoisotopic (exact) mass is 725 g/mol. The van der Waals surface area contributed by atoms with E-state index in [0.717, 1.165) is 31.4 Å². The molecular weight excluding hydrogens is 680 g/mol. The van der Waals surface area contributed by atoms with Gasteiger partial charge in [-0.25, -0.2) is 9.48 Å². The van der Waals surface area contributed by atoms with Crippen LogP contribution in [0.15, 0.2) is 59.0 Å². The summed E-state index contributed by atoms with van der Waals surface area (Å²) < 4.78 is 25.1. The van der Waals surface area contributed by atoms with Crippen molar-refractivity contribution in [3.8, 4) is 22.5 Å². The highest BCUT2D eigenvalue weighted by Crippen LogP contribution is 2.52. The summed E-state index contributed by atoms with van der Waals surface area (Å²) in [6.45, 7) is 3.58. The van der Waals surface area contributed by atoms with E-state index in [4.69, 9.17) is 29.8 Å². The molecule has 14 heteroatoms. The number of hydrogen-bond acceptors (Lipinski definition) is 10. The van der Waals surface area contributed by atoms with Crippen molar-refractivity contribution >= 4 is 28.5 Å². The van der Waals surface area contributed by atoms with E-state index in [1.807, 2.05) is 4.68 Å². The average Bonchev–Trinajstić information content (AvgIpc) is 3.67. The topological polar surface area (TPSA) is 210 Å². The molecule has 3 atom stereocenters. The number of carbonyl (C=O) groups excluding carboxylic acids is 1. The highest BCUT2D eigenvalue weighted by molar-refractivity contribution is 6.09. The number of anilines is 1. The number of carboxylic acids is 1. The maximum Gasteiger partial charge on any atom is 0.336 e. The minimum Gasteiger partial charge on any atom is -0.478 e.